The minimum atomic E-state index is 0.271. The molecular formula is C9H13N5OS. The third-order valence-corrected chi connectivity index (χ3v) is 2.39. The molecule has 1 aliphatic rings. The first kappa shape index (κ1) is 11.2. The number of morpholine rings is 1. The van der Waals surface area contributed by atoms with Crippen LogP contribution in [0.4, 0.5) is 5.95 Å². The van der Waals surface area contributed by atoms with Crippen molar-refractivity contribution < 1.29 is 4.74 Å². The molecule has 7 heteroatoms. The molecule has 1 fully saturated rings. The van der Waals surface area contributed by atoms with Crippen molar-refractivity contribution in [1.29, 1.82) is 0 Å². The van der Waals surface area contributed by atoms with E-state index in [-0.39, 0.29) is 4.99 Å². The summed E-state index contributed by atoms with van der Waals surface area (Å²) in [6.45, 7) is 3.03. The molecule has 3 N–H and O–H groups in total. The Labute approximate surface area is 98.8 Å². The number of thiocarbonyl (C=S) groups is 1. The quantitative estimate of drug-likeness (QED) is 0.705. The number of nitrogens with one attached hydrogen (secondary N) is 1. The fourth-order valence-electron chi connectivity index (χ4n) is 1.37. The zero-order valence-electron chi connectivity index (χ0n) is 8.72. The van der Waals surface area contributed by atoms with E-state index in [1.165, 1.54) is 0 Å². The number of hydrazine groups is 1. The number of rotatable bonds is 3. The van der Waals surface area contributed by atoms with Crippen LogP contribution in [0, 0.1) is 0 Å². The number of anilines is 1. The van der Waals surface area contributed by atoms with Crippen LogP contribution in [0.3, 0.4) is 0 Å². The molecular weight excluding hydrogens is 226 g/mol. The largest absolute Gasteiger partial charge is 0.388 e. The Morgan fingerprint density at radius 3 is 2.94 bits per heavy atom. The number of nitrogens with zero attached hydrogens (tertiary/aromatic N) is 3. The van der Waals surface area contributed by atoms with Gasteiger partial charge in [-0.2, -0.15) is 0 Å². The van der Waals surface area contributed by atoms with E-state index >= 15 is 0 Å². The molecule has 0 bridgehead atoms. The first-order valence-corrected chi connectivity index (χ1v) is 5.39. The van der Waals surface area contributed by atoms with Gasteiger partial charge in [-0.05, 0) is 6.07 Å². The molecule has 1 aromatic rings. The van der Waals surface area contributed by atoms with Crippen molar-refractivity contribution in [1.82, 2.24) is 15.0 Å². The van der Waals surface area contributed by atoms with E-state index in [0.29, 0.717) is 24.9 Å². The highest BCUT2D eigenvalue weighted by atomic mass is 32.1. The maximum Gasteiger partial charge on any atom is 0.238 e. The lowest BCUT2D eigenvalue weighted by molar-refractivity contribution is 0.0492. The first-order chi connectivity index (χ1) is 7.75. The molecule has 2 rings (SSSR count). The lowest BCUT2D eigenvalue weighted by Gasteiger charge is -2.26. The zero-order valence-corrected chi connectivity index (χ0v) is 9.54. The van der Waals surface area contributed by atoms with Gasteiger partial charge in [0.1, 0.15) is 10.7 Å². The maximum atomic E-state index is 5.50. The SMILES string of the molecule is NC(=S)c1ccnc(NN2CCOCC2)n1. The predicted octanol–water partition coefficient (Wildman–Crippen LogP) is -0.230. The standard InChI is InChI=1S/C9H13N5OS/c10-8(16)7-1-2-11-9(12-7)13-14-3-5-15-6-4-14/h1-2H,3-6H2,(H2,10,16)(H,11,12,13). The van der Waals surface area contributed by atoms with E-state index in [1.807, 2.05) is 5.01 Å². The van der Waals surface area contributed by atoms with E-state index in [9.17, 15) is 0 Å². The van der Waals surface area contributed by atoms with Crippen molar-refractivity contribution in [2.75, 3.05) is 31.7 Å². The molecule has 0 spiro atoms. The minimum absolute atomic E-state index is 0.271. The van der Waals surface area contributed by atoms with Crippen LogP contribution in [0.5, 0.6) is 0 Å². The molecule has 0 radical (unpaired) electrons. The van der Waals surface area contributed by atoms with Crippen LogP contribution in [0.15, 0.2) is 12.3 Å². The predicted molar refractivity (Wildman–Crippen MR) is 63.9 cm³/mol. The van der Waals surface area contributed by atoms with Crippen molar-refractivity contribution >= 4 is 23.2 Å². The van der Waals surface area contributed by atoms with E-state index in [2.05, 4.69) is 15.4 Å². The highest BCUT2D eigenvalue weighted by Crippen LogP contribution is 2.03. The molecule has 2 heterocycles. The Kier molecular flexibility index (Phi) is 3.60. The third-order valence-electron chi connectivity index (χ3n) is 2.18. The first-order valence-electron chi connectivity index (χ1n) is 4.98. The molecule has 0 atom stereocenters. The van der Waals surface area contributed by atoms with Crippen LogP contribution in [-0.2, 0) is 4.74 Å². The summed E-state index contributed by atoms with van der Waals surface area (Å²) in [4.78, 5) is 8.56. The van der Waals surface area contributed by atoms with E-state index < -0.39 is 0 Å². The zero-order chi connectivity index (χ0) is 11.4. The van der Waals surface area contributed by atoms with Gasteiger partial charge in [0.25, 0.3) is 0 Å². The Morgan fingerprint density at radius 2 is 2.25 bits per heavy atom. The van der Waals surface area contributed by atoms with Crippen molar-refractivity contribution in [3.8, 4) is 0 Å². The van der Waals surface area contributed by atoms with Gasteiger partial charge in [-0.1, -0.05) is 12.2 Å². The van der Waals surface area contributed by atoms with E-state index in [0.717, 1.165) is 13.1 Å². The molecule has 0 unspecified atom stereocenters. The van der Waals surface area contributed by atoms with Crippen LogP contribution in [0.1, 0.15) is 5.69 Å². The van der Waals surface area contributed by atoms with Gasteiger partial charge in [0.15, 0.2) is 0 Å². The second-order valence-electron chi connectivity index (χ2n) is 3.34. The van der Waals surface area contributed by atoms with Gasteiger partial charge in [0.05, 0.1) is 13.2 Å². The topological polar surface area (TPSA) is 76.3 Å². The van der Waals surface area contributed by atoms with Crippen molar-refractivity contribution in [2.45, 2.75) is 0 Å². The van der Waals surface area contributed by atoms with Crippen LogP contribution in [0.25, 0.3) is 0 Å². The maximum absolute atomic E-state index is 5.50. The average molecular weight is 239 g/mol. The molecule has 0 aliphatic carbocycles. The van der Waals surface area contributed by atoms with Gasteiger partial charge in [-0.25, -0.2) is 15.0 Å². The van der Waals surface area contributed by atoms with Crippen molar-refractivity contribution in [2.24, 2.45) is 5.73 Å². The highest BCUT2D eigenvalue weighted by molar-refractivity contribution is 7.80. The molecule has 0 amide bonds. The molecule has 1 aromatic heterocycles. The summed E-state index contributed by atoms with van der Waals surface area (Å²) in [5, 5.41) is 2.00. The van der Waals surface area contributed by atoms with E-state index in [4.69, 9.17) is 22.7 Å². The Balaban J connectivity index is 2.02. The molecule has 1 aliphatic heterocycles. The fraction of sp³-hybridized carbons (Fsp3) is 0.444. The fourth-order valence-corrected chi connectivity index (χ4v) is 1.48. The van der Waals surface area contributed by atoms with Gasteiger partial charge < -0.3 is 10.5 Å². The molecule has 0 saturated carbocycles. The van der Waals surface area contributed by atoms with Crippen molar-refractivity contribution in [3.63, 3.8) is 0 Å². The normalized spacial score (nSPS) is 17.0. The monoisotopic (exact) mass is 239 g/mol. The molecule has 1 saturated heterocycles. The molecule has 16 heavy (non-hydrogen) atoms. The summed E-state index contributed by atoms with van der Waals surface area (Å²) in [6, 6.07) is 1.69. The summed E-state index contributed by atoms with van der Waals surface area (Å²) in [5.74, 6) is 0.507. The third kappa shape index (κ3) is 2.84. The van der Waals surface area contributed by atoms with Gasteiger partial charge >= 0.3 is 0 Å². The molecule has 6 nitrogen and oxygen atoms in total. The van der Waals surface area contributed by atoms with Gasteiger partial charge in [0, 0.05) is 19.3 Å². The summed E-state index contributed by atoms with van der Waals surface area (Å²) < 4.78 is 5.24. The number of hydrogen-bond donors (Lipinski definition) is 2. The lowest BCUT2D eigenvalue weighted by Crippen LogP contribution is -2.40. The van der Waals surface area contributed by atoms with Crippen LogP contribution in [0.2, 0.25) is 0 Å². The van der Waals surface area contributed by atoms with Crippen molar-refractivity contribution in [3.05, 3.63) is 18.0 Å². The van der Waals surface area contributed by atoms with Crippen LogP contribution in [-0.4, -0.2) is 46.3 Å². The van der Waals surface area contributed by atoms with Crippen LogP contribution < -0.4 is 11.2 Å². The summed E-state index contributed by atoms with van der Waals surface area (Å²) >= 11 is 4.85. The second kappa shape index (κ2) is 5.15. The molecule has 0 aromatic carbocycles. The second-order valence-corrected chi connectivity index (χ2v) is 3.78. The number of aromatic nitrogens is 2. The minimum Gasteiger partial charge on any atom is -0.388 e. The Hall–Kier alpha value is -1.31. The summed E-state index contributed by atoms with van der Waals surface area (Å²) in [6.07, 6.45) is 1.63. The van der Waals surface area contributed by atoms with Gasteiger partial charge in [-0.3, -0.25) is 5.43 Å². The van der Waals surface area contributed by atoms with Crippen LogP contribution >= 0.6 is 12.2 Å². The molecule has 86 valence electrons. The number of nitrogens with two attached hydrogens (primary N) is 1. The smallest absolute Gasteiger partial charge is 0.238 e. The van der Waals surface area contributed by atoms with Gasteiger partial charge in [0.2, 0.25) is 5.95 Å². The average Bonchev–Trinajstić information content (AvgIpc) is 2.30. The lowest BCUT2D eigenvalue weighted by atomic mass is 10.4. The number of ether oxygens (including phenoxy) is 1. The number of hydrogen-bond acceptors (Lipinski definition) is 6. The van der Waals surface area contributed by atoms with E-state index in [1.54, 1.807) is 12.3 Å². The summed E-state index contributed by atoms with van der Waals surface area (Å²) in [5.41, 5.74) is 9.16. The Morgan fingerprint density at radius 1 is 1.50 bits per heavy atom. The highest BCUT2D eigenvalue weighted by Gasteiger charge is 2.11. The van der Waals surface area contributed by atoms with Gasteiger partial charge in [-0.15, -0.1) is 0 Å². The Bertz CT molecular complexity index is 380. The summed E-state index contributed by atoms with van der Waals surface area (Å²) in [7, 11) is 0.